The van der Waals surface area contributed by atoms with Gasteiger partial charge in [0.25, 0.3) is 12.3 Å². The number of carbonyl (C=O) groups excluding carboxylic acids is 4. The highest BCUT2D eigenvalue weighted by Gasteiger charge is 2.42. The standard InChI is InChI=1S/C45H52F2N12O6/c1-53-39-31(3-2-4-34(39)59(45(53)64)35-9-10-37(60)51-43(35)62)26-17-27(18-26)44(63)55-15-13-54(14-16-55)21-25-5-7-28(8-6-25)58-23-33(38(52-58)40(46)47)49-42(61)32-20-48-57-12-11-36(50-41(32)57)56-22-30-19-29(56)24-65-30/h2-4,11-12,20,23,25-30,35,40H,5-10,13-19,21-22,24H2,1H3,(H,49,61)(H,51,60,62)/t25?,26?,27?,28?,29?,30-,35?/m1/s1. The van der Waals surface area contributed by atoms with Gasteiger partial charge in [0.1, 0.15) is 17.4 Å². The molecule has 6 fully saturated rings. The van der Waals surface area contributed by atoms with E-state index >= 15 is 0 Å². The number of piperidine rings is 1. The third-order valence-electron chi connectivity index (χ3n) is 15.0. The Balaban J connectivity index is 0.662. The van der Waals surface area contributed by atoms with Crippen LogP contribution in [0, 0.1) is 11.8 Å². The van der Waals surface area contributed by atoms with E-state index in [4.69, 9.17) is 9.72 Å². The molecule has 4 saturated heterocycles. The van der Waals surface area contributed by atoms with Gasteiger partial charge < -0.3 is 19.9 Å². The van der Waals surface area contributed by atoms with Crippen LogP contribution in [0.4, 0.5) is 20.3 Å². The predicted molar refractivity (Wildman–Crippen MR) is 232 cm³/mol. The summed E-state index contributed by atoms with van der Waals surface area (Å²) in [5.41, 5.74) is 2.17. The van der Waals surface area contributed by atoms with Gasteiger partial charge in [-0.05, 0) is 80.9 Å². The molecule has 2 unspecified atom stereocenters. The number of carbonyl (C=O) groups is 4. The van der Waals surface area contributed by atoms with Crippen molar-refractivity contribution in [1.29, 1.82) is 0 Å². The number of ether oxygens (including phenoxy) is 1. The first kappa shape index (κ1) is 41.7. The molecule has 6 aliphatic rings. The van der Waals surface area contributed by atoms with Gasteiger partial charge in [-0.25, -0.2) is 23.1 Å². The maximum atomic E-state index is 14.3. The van der Waals surface area contributed by atoms with Crippen molar-refractivity contribution in [2.45, 2.75) is 94.4 Å². The van der Waals surface area contributed by atoms with Crippen LogP contribution in [0.25, 0.3) is 16.7 Å². The Morgan fingerprint density at radius 2 is 1.78 bits per heavy atom. The van der Waals surface area contributed by atoms with Crippen LogP contribution >= 0.6 is 0 Å². The lowest BCUT2D eigenvalue weighted by atomic mass is 9.70. The van der Waals surface area contributed by atoms with E-state index in [2.05, 4.69) is 30.6 Å². The molecule has 4 aromatic heterocycles. The summed E-state index contributed by atoms with van der Waals surface area (Å²) in [6.45, 7) is 5.17. The Hall–Kier alpha value is -6.02. The zero-order valence-corrected chi connectivity index (χ0v) is 36.2. The Morgan fingerprint density at radius 3 is 2.51 bits per heavy atom. The van der Waals surface area contributed by atoms with Crippen LogP contribution in [0.2, 0.25) is 0 Å². The largest absolute Gasteiger partial charge is 0.374 e. The Bertz CT molecular complexity index is 2760. The minimum absolute atomic E-state index is 0.0208. The molecule has 2 aliphatic carbocycles. The van der Waals surface area contributed by atoms with Gasteiger partial charge in [-0.3, -0.25) is 43.2 Å². The number of halogens is 2. The molecule has 20 heteroatoms. The summed E-state index contributed by atoms with van der Waals surface area (Å²) >= 11 is 0. The number of anilines is 2. The van der Waals surface area contributed by atoms with Crippen LogP contribution in [-0.4, -0.2) is 125 Å². The zero-order valence-electron chi connectivity index (χ0n) is 36.2. The number of imide groups is 1. The molecule has 8 heterocycles. The van der Waals surface area contributed by atoms with Gasteiger partial charge in [0.2, 0.25) is 17.7 Å². The Labute approximate surface area is 371 Å². The van der Waals surface area contributed by atoms with Crippen LogP contribution in [0.1, 0.15) is 104 Å². The summed E-state index contributed by atoms with van der Waals surface area (Å²) in [5.74, 6) is -0.0186. The SMILES string of the molecule is Cn1c(=O)n(C2CCC(=O)NC2=O)c2cccc(C3CC(C(=O)N4CCN(CC5CCC(n6cc(NC(=O)c7cnn8ccc(N9C[C@H]%10CC9CO%10)nc78)c(C(F)F)n6)CC5)CC4)C3)c21. The van der Waals surface area contributed by atoms with E-state index in [-0.39, 0.29) is 71.6 Å². The number of imidazole rings is 1. The molecule has 342 valence electrons. The maximum Gasteiger partial charge on any atom is 0.329 e. The van der Waals surface area contributed by atoms with E-state index in [1.54, 1.807) is 22.5 Å². The van der Waals surface area contributed by atoms with E-state index in [1.807, 2.05) is 29.2 Å². The molecule has 2 N–H and O–H groups in total. The van der Waals surface area contributed by atoms with Crippen molar-refractivity contribution < 1.29 is 32.7 Å². The summed E-state index contributed by atoms with van der Waals surface area (Å²) in [5, 5.41) is 13.6. The number of para-hydroxylation sites is 1. The lowest BCUT2D eigenvalue weighted by Crippen LogP contribution is -2.52. The van der Waals surface area contributed by atoms with Gasteiger partial charge >= 0.3 is 5.69 Å². The molecule has 1 aromatic carbocycles. The summed E-state index contributed by atoms with van der Waals surface area (Å²) in [7, 11) is 1.71. The van der Waals surface area contributed by atoms with E-state index in [0.29, 0.717) is 49.6 Å². The fourth-order valence-electron chi connectivity index (χ4n) is 11.4. The molecule has 2 saturated carbocycles. The number of hydrogen-bond donors (Lipinski definition) is 2. The Kier molecular flexibility index (Phi) is 10.5. The van der Waals surface area contributed by atoms with Crippen molar-refractivity contribution >= 4 is 51.8 Å². The molecular formula is C45H52F2N12O6. The third-order valence-corrected chi connectivity index (χ3v) is 15.0. The zero-order chi connectivity index (χ0) is 44.7. The van der Waals surface area contributed by atoms with Crippen LogP contribution in [0.15, 0.2) is 47.7 Å². The number of amides is 4. The minimum atomic E-state index is -2.88. The number of nitrogens with zero attached hydrogens (tertiary/aromatic N) is 10. The number of alkyl halides is 2. The molecule has 0 radical (unpaired) electrons. The van der Waals surface area contributed by atoms with Gasteiger partial charge in [0.05, 0.1) is 47.7 Å². The number of fused-ring (bicyclic) bond motifs is 4. The first-order chi connectivity index (χ1) is 31.5. The molecule has 0 spiro atoms. The highest BCUT2D eigenvalue weighted by molar-refractivity contribution is 6.08. The molecule has 4 amide bonds. The smallest absolute Gasteiger partial charge is 0.329 e. The fraction of sp³-hybridized carbons (Fsp3) is 0.556. The number of piperazine rings is 1. The molecule has 4 aliphatic heterocycles. The van der Waals surface area contributed by atoms with Crippen molar-refractivity contribution in [3.8, 4) is 0 Å². The van der Waals surface area contributed by atoms with Crippen molar-refractivity contribution in [3.63, 3.8) is 0 Å². The topological polar surface area (TPSA) is 186 Å². The third kappa shape index (κ3) is 7.47. The van der Waals surface area contributed by atoms with Gasteiger partial charge in [-0.15, -0.1) is 0 Å². The van der Waals surface area contributed by atoms with Gasteiger partial charge in [0, 0.05) is 71.0 Å². The fourth-order valence-corrected chi connectivity index (χ4v) is 11.4. The number of benzene rings is 1. The van der Waals surface area contributed by atoms with Crippen molar-refractivity contribution in [3.05, 3.63) is 70.2 Å². The Morgan fingerprint density at radius 1 is 0.985 bits per heavy atom. The second-order valence-corrected chi connectivity index (χ2v) is 18.8. The molecule has 11 rings (SSSR count). The molecule has 18 nitrogen and oxygen atoms in total. The lowest BCUT2D eigenvalue weighted by Gasteiger charge is -2.42. The number of morpholine rings is 1. The van der Waals surface area contributed by atoms with Crippen molar-refractivity contribution in [2.75, 3.05) is 56.1 Å². The minimum Gasteiger partial charge on any atom is -0.374 e. The van der Waals surface area contributed by atoms with Crippen LogP contribution in [-0.2, 0) is 26.2 Å². The van der Waals surface area contributed by atoms with Crippen LogP contribution in [0.3, 0.4) is 0 Å². The number of aromatic nitrogens is 7. The van der Waals surface area contributed by atoms with Crippen molar-refractivity contribution in [1.82, 2.24) is 48.6 Å². The van der Waals surface area contributed by atoms with Crippen LogP contribution in [0.5, 0.6) is 0 Å². The van der Waals surface area contributed by atoms with Gasteiger partial charge in [-0.2, -0.15) is 10.2 Å². The summed E-state index contributed by atoms with van der Waals surface area (Å²) in [6.07, 6.45) is 8.13. The predicted octanol–water partition coefficient (Wildman–Crippen LogP) is 3.79. The first-order valence-corrected chi connectivity index (χ1v) is 22.9. The van der Waals surface area contributed by atoms with Gasteiger partial charge in [0.15, 0.2) is 11.3 Å². The second-order valence-electron chi connectivity index (χ2n) is 18.8. The molecular weight excluding hydrogens is 843 g/mol. The second kappa shape index (κ2) is 16.4. The molecule has 2 bridgehead atoms. The van der Waals surface area contributed by atoms with E-state index < -0.39 is 30.0 Å². The average molecular weight is 895 g/mol. The van der Waals surface area contributed by atoms with Crippen molar-refractivity contribution in [2.24, 2.45) is 18.9 Å². The lowest BCUT2D eigenvalue weighted by molar-refractivity contribution is -0.140. The number of rotatable bonds is 10. The molecule has 3 atom stereocenters. The normalized spacial score (nSPS) is 27.2. The number of nitrogens with one attached hydrogen (secondary N) is 2. The monoisotopic (exact) mass is 894 g/mol. The highest BCUT2D eigenvalue weighted by atomic mass is 19.3. The van der Waals surface area contributed by atoms with Crippen LogP contribution < -0.4 is 21.2 Å². The number of hydrogen-bond acceptors (Lipinski definition) is 11. The van der Waals surface area contributed by atoms with E-state index in [1.165, 1.54) is 21.5 Å². The summed E-state index contributed by atoms with van der Waals surface area (Å²) < 4.78 is 40.6. The highest BCUT2D eigenvalue weighted by Crippen LogP contribution is 2.45. The molecule has 65 heavy (non-hydrogen) atoms. The average Bonchev–Trinajstić information content (AvgIpc) is 4.14. The molecule has 5 aromatic rings. The maximum absolute atomic E-state index is 14.3. The van der Waals surface area contributed by atoms with E-state index in [0.717, 1.165) is 75.2 Å². The summed E-state index contributed by atoms with van der Waals surface area (Å²) in [6, 6.07) is 7.01. The number of aryl methyl sites for hydroxylation is 1. The van der Waals surface area contributed by atoms with Gasteiger partial charge in [-0.1, -0.05) is 12.1 Å². The first-order valence-electron chi connectivity index (χ1n) is 22.9. The summed E-state index contributed by atoms with van der Waals surface area (Å²) in [4.78, 5) is 76.5. The quantitative estimate of drug-likeness (QED) is 0.195. The van der Waals surface area contributed by atoms with E-state index in [9.17, 15) is 32.8 Å².